The number of nitrogens with one attached hydrogen (secondary N) is 1. The average molecular weight is 227 g/mol. The molecular formula is C12H25N3O. The van der Waals surface area contributed by atoms with Crippen LogP contribution >= 0.6 is 0 Å². The van der Waals surface area contributed by atoms with Crippen LogP contribution in [0.4, 0.5) is 0 Å². The first kappa shape index (κ1) is 13.5. The number of piperazine rings is 1. The molecule has 1 aliphatic rings. The zero-order chi connectivity index (χ0) is 12.0. The average Bonchev–Trinajstić information content (AvgIpc) is 2.29. The molecule has 16 heavy (non-hydrogen) atoms. The molecule has 0 bridgehead atoms. The third-order valence-corrected chi connectivity index (χ3v) is 3.20. The van der Waals surface area contributed by atoms with Crippen molar-refractivity contribution in [2.24, 2.45) is 5.92 Å². The van der Waals surface area contributed by atoms with Crippen molar-refractivity contribution in [2.45, 2.75) is 20.3 Å². The summed E-state index contributed by atoms with van der Waals surface area (Å²) in [5, 5.41) is 3.26. The van der Waals surface area contributed by atoms with Crippen molar-refractivity contribution < 1.29 is 4.79 Å². The van der Waals surface area contributed by atoms with E-state index in [1.807, 2.05) is 11.9 Å². The van der Waals surface area contributed by atoms with Gasteiger partial charge >= 0.3 is 0 Å². The van der Waals surface area contributed by atoms with E-state index in [0.29, 0.717) is 12.5 Å². The summed E-state index contributed by atoms with van der Waals surface area (Å²) in [5.74, 6) is 0.938. The molecule has 0 radical (unpaired) electrons. The third kappa shape index (κ3) is 4.49. The maximum atomic E-state index is 11.9. The zero-order valence-corrected chi connectivity index (χ0v) is 10.8. The number of nitrogens with zero attached hydrogens (tertiary/aromatic N) is 2. The van der Waals surface area contributed by atoms with Gasteiger partial charge in [0.2, 0.25) is 5.91 Å². The standard InChI is InChI=1S/C12H25N3O/c1-4-11(2)9-14(3)10-12(16)15-7-5-13-6-8-15/h11,13H,4-10H2,1-3H3. The largest absolute Gasteiger partial charge is 0.339 e. The Bertz CT molecular complexity index is 214. The second kappa shape index (κ2) is 6.86. The summed E-state index contributed by atoms with van der Waals surface area (Å²) in [5.41, 5.74) is 0. The van der Waals surface area contributed by atoms with E-state index in [9.17, 15) is 4.79 Å². The topological polar surface area (TPSA) is 35.6 Å². The first-order valence-electron chi connectivity index (χ1n) is 6.30. The summed E-state index contributed by atoms with van der Waals surface area (Å²) < 4.78 is 0. The lowest BCUT2D eigenvalue weighted by Crippen LogP contribution is -2.49. The van der Waals surface area contributed by atoms with Gasteiger partial charge in [0, 0.05) is 32.7 Å². The monoisotopic (exact) mass is 227 g/mol. The Morgan fingerprint density at radius 2 is 2.06 bits per heavy atom. The van der Waals surface area contributed by atoms with Gasteiger partial charge in [0.1, 0.15) is 0 Å². The van der Waals surface area contributed by atoms with Crippen LogP contribution in [0.3, 0.4) is 0 Å². The lowest BCUT2D eigenvalue weighted by atomic mass is 10.1. The quantitative estimate of drug-likeness (QED) is 0.738. The fraction of sp³-hybridized carbons (Fsp3) is 0.917. The highest BCUT2D eigenvalue weighted by molar-refractivity contribution is 5.78. The van der Waals surface area contributed by atoms with E-state index < -0.39 is 0 Å². The Kier molecular flexibility index (Phi) is 5.77. The summed E-state index contributed by atoms with van der Waals surface area (Å²) in [4.78, 5) is 16.0. The van der Waals surface area contributed by atoms with Crippen LogP contribution < -0.4 is 5.32 Å². The van der Waals surface area contributed by atoms with Gasteiger partial charge in [-0.25, -0.2) is 0 Å². The SMILES string of the molecule is CCC(C)CN(C)CC(=O)N1CCNCC1. The Morgan fingerprint density at radius 3 is 2.62 bits per heavy atom. The molecule has 4 nitrogen and oxygen atoms in total. The lowest BCUT2D eigenvalue weighted by molar-refractivity contribution is -0.132. The normalized spacial score (nSPS) is 18.9. The molecule has 1 N–H and O–H groups in total. The van der Waals surface area contributed by atoms with Crippen LogP contribution in [0.15, 0.2) is 0 Å². The molecular weight excluding hydrogens is 202 g/mol. The molecule has 0 saturated carbocycles. The van der Waals surface area contributed by atoms with Crippen LogP contribution in [0.25, 0.3) is 0 Å². The van der Waals surface area contributed by atoms with E-state index in [0.717, 1.165) is 32.7 Å². The molecule has 0 aromatic heterocycles. The van der Waals surface area contributed by atoms with Crippen molar-refractivity contribution in [1.29, 1.82) is 0 Å². The number of carbonyl (C=O) groups is 1. The first-order valence-corrected chi connectivity index (χ1v) is 6.30. The molecule has 1 saturated heterocycles. The van der Waals surface area contributed by atoms with Crippen LogP contribution in [-0.4, -0.2) is 62.0 Å². The van der Waals surface area contributed by atoms with Gasteiger partial charge in [-0.2, -0.15) is 0 Å². The second-order valence-electron chi connectivity index (χ2n) is 4.84. The highest BCUT2D eigenvalue weighted by Crippen LogP contribution is 2.03. The molecule has 1 aliphatic heterocycles. The van der Waals surface area contributed by atoms with Gasteiger partial charge in [-0.15, -0.1) is 0 Å². The summed E-state index contributed by atoms with van der Waals surface area (Å²) in [6.07, 6.45) is 1.17. The smallest absolute Gasteiger partial charge is 0.236 e. The fourth-order valence-corrected chi connectivity index (χ4v) is 1.97. The molecule has 1 fully saturated rings. The molecule has 0 aliphatic carbocycles. The van der Waals surface area contributed by atoms with Crippen molar-refractivity contribution in [3.8, 4) is 0 Å². The van der Waals surface area contributed by atoms with E-state index in [2.05, 4.69) is 24.1 Å². The predicted molar refractivity (Wildman–Crippen MR) is 66.4 cm³/mol. The molecule has 4 heteroatoms. The van der Waals surface area contributed by atoms with E-state index in [4.69, 9.17) is 0 Å². The summed E-state index contributed by atoms with van der Waals surface area (Å²) in [6, 6.07) is 0. The highest BCUT2D eigenvalue weighted by Gasteiger charge is 2.17. The van der Waals surface area contributed by atoms with E-state index in [-0.39, 0.29) is 5.91 Å². The summed E-state index contributed by atoms with van der Waals surface area (Å²) in [7, 11) is 2.03. The van der Waals surface area contributed by atoms with Gasteiger partial charge in [0.25, 0.3) is 0 Å². The Labute approximate surface area is 99.0 Å². The molecule has 0 aromatic carbocycles. The first-order chi connectivity index (χ1) is 7.63. The molecule has 1 unspecified atom stereocenters. The second-order valence-corrected chi connectivity index (χ2v) is 4.84. The van der Waals surface area contributed by atoms with Gasteiger partial charge in [-0.1, -0.05) is 20.3 Å². The van der Waals surface area contributed by atoms with Crippen LogP contribution in [0.1, 0.15) is 20.3 Å². The minimum atomic E-state index is 0.271. The lowest BCUT2D eigenvalue weighted by Gasteiger charge is -2.29. The van der Waals surface area contributed by atoms with Crippen LogP contribution in [0, 0.1) is 5.92 Å². The molecule has 1 atom stereocenters. The third-order valence-electron chi connectivity index (χ3n) is 3.20. The van der Waals surface area contributed by atoms with Crippen molar-refractivity contribution in [3.05, 3.63) is 0 Å². The molecule has 1 rings (SSSR count). The number of amides is 1. The highest BCUT2D eigenvalue weighted by atomic mass is 16.2. The maximum absolute atomic E-state index is 11.9. The Hall–Kier alpha value is -0.610. The molecule has 94 valence electrons. The van der Waals surface area contributed by atoms with E-state index >= 15 is 0 Å². The van der Waals surface area contributed by atoms with Crippen LogP contribution in [0.5, 0.6) is 0 Å². The minimum absolute atomic E-state index is 0.271. The molecule has 1 heterocycles. The fourth-order valence-electron chi connectivity index (χ4n) is 1.97. The number of hydrogen-bond donors (Lipinski definition) is 1. The number of carbonyl (C=O) groups excluding carboxylic acids is 1. The number of hydrogen-bond acceptors (Lipinski definition) is 3. The van der Waals surface area contributed by atoms with Crippen molar-refractivity contribution in [3.63, 3.8) is 0 Å². The summed E-state index contributed by atoms with van der Waals surface area (Å²) in [6.45, 7) is 9.56. The number of rotatable bonds is 5. The minimum Gasteiger partial charge on any atom is -0.339 e. The number of likely N-dealkylation sites (N-methyl/N-ethyl adjacent to an activating group) is 1. The Morgan fingerprint density at radius 1 is 1.44 bits per heavy atom. The molecule has 0 aromatic rings. The van der Waals surface area contributed by atoms with Gasteiger partial charge in [0.05, 0.1) is 6.54 Å². The van der Waals surface area contributed by atoms with Gasteiger partial charge < -0.3 is 10.2 Å². The van der Waals surface area contributed by atoms with Crippen molar-refractivity contribution in [2.75, 3.05) is 46.3 Å². The van der Waals surface area contributed by atoms with E-state index in [1.165, 1.54) is 6.42 Å². The van der Waals surface area contributed by atoms with Crippen molar-refractivity contribution in [1.82, 2.24) is 15.1 Å². The van der Waals surface area contributed by atoms with Gasteiger partial charge in [-0.05, 0) is 13.0 Å². The Balaban J connectivity index is 2.26. The molecule has 1 amide bonds. The maximum Gasteiger partial charge on any atom is 0.236 e. The predicted octanol–water partition coefficient (Wildman–Crippen LogP) is 0.396. The van der Waals surface area contributed by atoms with Crippen LogP contribution in [0.2, 0.25) is 0 Å². The summed E-state index contributed by atoms with van der Waals surface area (Å²) >= 11 is 0. The van der Waals surface area contributed by atoms with E-state index in [1.54, 1.807) is 0 Å². The van der Waals surface area contributed by atoms with Crippen LogP contribution in [-0.2, 0) is 4.79 Å². The zero-order valence-electron chi connectivity index (χ0n) is 10.8. The van der Waals surface area contributed by atoms with Crippen molar-refractivity contribution >= 4 is 5.91 Å². The molecule has 0 spiro atoms. The van der Waals surface area contributed by atoms with Gasteiger partial charge in [0.15, 0.2) is 0 Å². The van der Waals surface area contributed by atoms with Gasteiger partial charge in [-0.3, -0.25) is 9.69 Å².